The van der Waals surface area contributed by atoms with Crippen LogP contribution in [0.5, 0.6) is 0 Å². The number of aromatic nitrogens is 1. The number of carbonyl (C=O) groups is 1. The van der Waals surface area contributed by atoms with Gasteiger partial charge in [0.25, 0.3) is 0 Å². The van der Waals surface area contributed by atoms with E-state index in [1.807, 2.05) is 26.0 Å². The maximum Gasteiger partial charge on any atom is 0.420 e. The van der Waals surface area contributed by atoms with Crippen LogP contribution in [0.1, 0.15) is 31.9 Å². The third-order valence-electron chi connectivity index (χ3n) is 3.02. The Balaban J connectivity index is 2.59. The number of fused-ring (bicyclic) bond motifs is 1. The molecule has 1 aromatic heterocycles. The fourth-order valence-corrected chi connectivity index (χ4v) is 2.13. The molecule has 0 amide bonds. The summed E-state index contributed by atoms with van der Waals surface area (Å²) in [5.74, 6) is -0.934. The highest BCUT2D eigenvalue weighted by Crippen LogP contribution is 2.21. The van der Waals surface area contributed by atoms with Crippen molar-refractivity contribution in [2.45, 2.75) is 33.2 Å². The zero-order valence-electron chi connectivity index (χ0n) is 11.3. The van der Waals surface area contributed by atoms with Crippen LogP contribution in [0, 0.1) is 6.92 Å². The summed E-state index contributed by atoms with van der Waals surface area (Å²) < 4.78 is 11.6. The molecule has 0 bridgehead atoms. The lowest BCUT2D eigenvalue weighted by Crippen LogP contribution is -2.28. The third-order valence-corrected chi connectivity index (χ3v) is 3.02. The normalized spacial score (nSPS) is 12.6. The van der Waals surface area contributed by atoms with Gasteiger partial charge in [0.15, 0.2) is 5.58 Å². The Bertz CT molecular complexity index is 653. The van der Waals surface area contributed by atoms with E-state index in [1.54, 1.807) is 13.0 Å². The molecule has 0 aliphatic rings. The van der Waals surface area contributed by atoms with Gasteiger partial charge in [0.1, 0.15) is 6.04 Å². The average Bonchev–Trinajstić information content (AvgIpc) is 2.68. The number of nitrogens with zero attached hydrogens (tertiary/aromatic N) is 1. The Kier molecular flexibility index (Phi) is 3.74. The Hall–Kier alpha value is -2.04. The maximum absolute atomic E-state index is 11.9. The minimum atomic E-state index is -0.643. The van der Waals surface area contributed by atoms with E-state index in [-0.39, 0.29) is 0 Å². The second kappa shape index (κ2) is 5.30. The molecule has 0 radical (unpaired) electrons. The van der Waals surface area contributed by atoms with Gasteiger partial charge in [-0.15, -0.1) is 0 Å². The fourth-order valence-electron chi connectivity index (χ4n) is 2.13. The van der Waals surface area contributed by atoms with Crippen molar-refractivity contribution >= 4 is 17.1 Å². The summed E-state index contributed by atoms with van der Waals surface area (Å²) in [6, 6.07) is 4.79. The molecule has 1 unspecified atom stereocenters. The van der Waals surface area contributed by atoms with Crippen molar-refractivity contribution in [2.75, 3.05) is 6.61 Å². The first-order chi connectivity index (χ1) is 9.08. The van der Waals surface area contributed by atoms with Gasteiger partial charge in [0.05, 0.1) is 12.1 Å². The monoisotopic (exact) mass is 263 g/mol. The Morgan fingerprint density at radius 3 is 2.79 bits per heavy atom. The molecule has 0 N–H and O–H groups in total. The van der Waals surface area contributed by atoms with E-state index < -0.39 is 17.8 Å². The number of rotatable bonds is 4. The van der Waals surface area contributed by atoms with E-state index in [1.165, 1.54) is 4.57 Å². The molecular formula is C14H17NO4. The highest BCUT2D eigenvalue weighted by molar-refractivity contribution is 5.79. The standard InChI is InChI=1S/C14H17NO4/c1-4-10(13(16)18-5-2)15-11-8-9(3)6-7-12(11)19-14(15)17/h6-8,10H,4-5H2,1-3H3. The Morgan fingerprint density at radius 1 is 1.42 bits per heavy atom. The predicted octanol–water partition coefficient (Wildman–Crippen LogP) is 2.42. The molecular weight excluding hydrogens is 246 g/mol. The molecule has 102 valence electrons. The molecule has 0 saturated heterocycles. The molecule has 0 aliphatic heterocycles. The van der Waals surface area contributed by atoms with E-state index in [0.29, 0.717) is 24.1 Å². The van der Waals surface area contributed by atoms with Crippen LogP contribution >= 0.6 is 0 Å². The van der Waals surface area contributed by atoms with Gasteiger partial charge in [-0.1, -0.05) is 13.0 Å². The lowest BCUT2D eigenvalue weighted by Gasteiger charge is -2.14. The molecule has 5 heteroatoms. The van der Waals surface area contributed by atoms with E-state index in [4.69, 9.17) is 9.15 Å². The molecule has 0 spiro atoms. The molecule has 0 fully saturated rings. The summed E-state index contributed by atoms with van der Waals surface area (Å²) in [5.41, 5.74) is 2.11. The molecule has 19 heavy (non-hydrogen) atoms. The van der Waals surface area contributed by atoms with Gasteiger partial charge < -0.3 is 9.15 Å². The molecule has 5 nitrogen and oxygen atoms in total. The molecule has 1 heterocycles. The van der Waals surface area contributed by atoms with Crippen LogP contribution in [-0.2, 0) is 9.53 Å². The number of aryl methyl sites for hydroxylation is 1. The van der Waals surface area contributed by atoms with Gasteiger partial charge in [0.2, 0.25) is 0 Å². The van der Waals surface area contributed by atoms with Gasteiger partial charge in [0, 0.05) is 0 Å². The van der Waals surface area contributed by atoms with Crippen molar-refractivity contribution in [2.24, 2.45) is 0 Å². The zero-order valence-corrected chi connectivity index (χ0v) is 11.3. The van der Waals surface area contributed by atoms with Crippen molar-refractivity contribution < 1.29 is 13.9 Å². The summed E-state index contributed by atoms with van der Waals surface area (Å²) in [5, 5.41) is 0. The number of hydrogen-bond acceptors (Lipinski definition) is 4. The smallest absolute Gasteiger partial charge is 0.420 e. The average molecular weight is 263 g/mol. The quantitative estimate of drug-likeness (QED) is 0.795. The first kappa shape index (κ1) is 13.4. The number of benzene rings is 1. The molecule has 1 aromatic carbocycles. The van der Waals surface area contributed by atoms with E-state index in [0.717, 1.165) is 5.56 Å². The zero-order chi connectivity index (χ0) is 14.0. The second-order valence-electron chi connectivity index (χ2n) is 4.39. The third kappa shape index (κ3) is 2.41. The maximum atomic E-state index is 11.9. The summed E-state index contributed by atoms with van der Waals surface area (Å²) in [7, 11) is 0. The highest BCUT2D eigenvalue weighted by Gasteiger charge is 2.25. The van der Waals surface area contributed by atoms with Crippen LogP contribution in [-0.4, -0.2) is 17.1 Å². The lowest BCUT2D eigenvalue weighted by atomic mass is 10.2. The van der Waals surface area contributed by atoms with Crippen LogP contribution in [0.3, 0.4) is 0 Å². The van der Waals surface area contributed by atoms with Gasteiger partial charge in [-0.05, 0) is 38.0 Å². The lowest BCUT2D eigenvalue weighted by molar-refractivity contribution is -0.147. The van der Waals surface area contributed by atoms with Gasteiger partial charge in [-0.3, -0.25) is 4.57 Å². The van der Waals surface area contributed by atoms with Gasteiger partial charge in [-0.25, -0.2) is 9.59 Å². The minimum absolute atomic E-state index is 0.291. The van der Waals surface area contributed by atoms with Crippen molar-refractivity contribution in [3.8, 4) is 0 Å². The van der Waals surface area contributed by atoms with Gasteiger partial charge in [-0.2, -0.15) is 0 Å². The van der Waals surface area contributed by atoms with Crippen LogP contribution in [0.15, 0.2) is 27.4 Å². The first-order valence-electron chi connectivity index (χ1n) is 6.36. The largest absolute Gasteiger partial charge is 0.464 e. The van der Waals surface area contributed by atoms with Crippen molar-refractivity contribution in [1.82, 2.24) is 4.57 Å². The summed E-state index contributed by atoms with van der Waals surface area (Å²) in [6.07, 6.45) is 0.474. The second-order valence-corrected chi connectivity index (χ2v) is 4.39. The highest BCUT2D eigenvalue weighted by atomic mass is 16.5. The topological polar surface area (TPSA) is 61.4 Å². The number of carbonyl (C=O) groups excluding carboxylic acids is 1. The summed E-state index contributed by atoms with van der Waals surface area (Å²) >= 11 is 0. The van der Waals surface area contributed by atoms with Crippen molar-refractivity contribution in [3.05, 3.63) is 34.3 Å². The number of esters is 1. The van der Waals surface area contributed by atoms with Crippen molar-refractivity contribution in [3.63, 3.8) is 0 Å². The number of ether oxygens (including phenoxy) is 1. The Labute approximate surface area is 110 Å². The molecule has 0 saturated carbocycles. The summed E-state index contributed by atoms with van der Waals surface area (Å²) in [6.45, 7) is 5.79. The van der Waals surface area contributed by atoms with Crippen LogP contribution in [0.25, 0.3) is 11.1 Å². The number of hydrogen-bond donors (Lipinski definition) is 0. The molecule has 2 rings (SSSR count). The van der Waals surface area contributed by atoms with E-state index in [2.05, 4.69) is 0 Å². The molecule has 0 aliphatic carbocycles. The minimum Gasteiger partial charge on any atom is -0.464 e. The molecule has 1 atom stereocenters. The Morgan fingerprint density at radius 2 is 2.16 bits per heavy atom. The van der Waals surface area contributed by atoms with Crippen LogP contribution in [0.2, 0.25) is 0 Å². The summed E-state index contributed by atoms with van der Waals surface area (Å²) in [4.78, 5) is 23.9. The fraction of sp³-hybridized carbons (Fsp3) is 0.429. The molecule has 2 aromatic rings. The van der Waals surface area contributed by atoms with Crippen LogP contribution in [0.4, 0.5) is 0 Å². The van der Waals surface area contributed by atoms with E-state index >= 15 is 0 Å². The first-order valence-corrected chi connectivity index (χ1v) is 6.36. The van der Waals surface area contributed by atoms with Crippen molar-refractivity contribution in [1.29, 1.82) is 0 Å². The van der Waals surface area contributed by atoms with E-state index in [9.17, 15) is 9.59 Å². The number of oxazole rings is 1. The SMILES string of the molecule is CCOC(=O)C(CC)n1c(=O)oc2ccc(C)cc21. The van der Waals surface area contributed by atoms with Crippen LogP contribution < -0.4 is 5.76 Å². The predicted molar refractivity (Wildman–Crippen MR) is 71.2 cm³/mol. The van der Waals surface area contributed by atoms with Gasteiger partial charge >= 0.3 is 11.7 Å².